The van der Waals surface area contributed by atoms with Crippen LogP contribution in [0.15, 0.2) is 0 Å². The lowest BCUT2D eigenvalue weighted by molar-refractivity contribution is 0.0957. The predicted octanol–water partition coefficient (Wildman–Crippen LogP) is 3.87. The van der Waals surface area contributed by atoms with Gasteiger partial charge in [0.2, 0.25) is 0 Å². The van der Waals surface area contributed by atoms with E-state index in [0.29, 0.717) is 19.1 Å². The maximum Gasteiger partial charge on any atom is 0.474 e. The van der Waals surface area contributed by atoms with Crippen LogP contribution in [-0.2, 0) is 18.1 Å². The van der Waals surface area contributed by atoms with Crippen molar-refractivity contribution in [2.24, 2.45) is 11.3 Å². The van der Waals surface area contributed by atoms with Gasteiger partial charge in [0.25, 0.3) is 0 Å². The third-order valence-corrected chi connectivity index (χ3v) is 3.22. The molecule has 0 aliphatic carbocycles. The van der Waals surface area contributed by atoms with Crippen LogP contribution in [0.2, 0.25) is 0 Å². The highest BCUT2D eigenvalue weighted by Gasteiger charge is 2.27. The topological polar surface area (TPSA) is 44.8 Å². The first-order valence-electron chi connectivity index (χ1n) is 5.63. The molecule has 98 valence electrons. The van der Waals surface area contributed by atoms with Gasteiger partial charge in [0, 0.05) is 7.11 Å². The van der Waals surface area contributed by atoms with Crippen LogP contribution in [0.25, 0.3) is 0 Å². The molecule has 5 heteroatoms. The summed E-state index contributed by atoms with van der Waals surface area (Å²) >= 11 is 0. The average molecular weight is 252 g/mol. The highest BCUT2D eigenvalue weighted by Crippen LogP contribution is 2.49. The van der Waals surface area contributed by atoms with Crippen LogP contribution >= 0.6 is 7.82 Å². The van der Waals surface area contributed by atoms with Crippen molar-refractivity contribution >= 4 is 7.82 Å². The molecule has 0 saturated carbocycles. The van der Waals surface area contributed by atoms with Gasteiger partial charge in [0.1, 0.15) is 0 Å². The summed E-state index contributed by atoms with van der Waals surface area (Å²) in [5, 5.41) is 0. The van der Waals surface area contributed by atoms with E-state index in [4.69, 9.17) is 13.6 Å². The Morgan fingerprint density at radius 3 is 2.12 bits per heavy atom. The third kappa shape index (κ3) is 8.28. The van der Waals surface area contributed by atoms with Gasteiger partial charge in [-0.25, -0.2) is 4.57 Å². The van der Waals surface area contributed by atoms with Crippen LogP contribution in [0.4, 0.5) is 0 Å². The molecule has 0 amide bonds. The largest absolute Gasteiger partial charge is 0.474 e. The number of hydrogen-bond donors (Lipinski definition) is 0. The van der Waals surface area contributed by atoms with Crippen LogP contribution in [-0.4, -0.2) is 20.3 Å². The van der Waals surface area contributed by atoms with Crippen molar-refractivity contribution in [2.45, 2.75) is 41.0 Å². The molecular weight excluding hydrogens is 227 g/mol. The molecule has 0 saturated heterocycles. The van der Waals surface area contributed by atoms with Crippen molar-refractivity contribution in [1.29, 1.82) is 0 Å². The molecule has 1 atom stereocenters. The number of hydrogen-bond acceptors (Lipinski definition) is 4. The Balaban J connectivity index is 4.06. The Kier molecular flexibility index (Phi) is 6.80. The van der Waals surface area contributed by atoms with E-state index in [1.54, 1.807) is 0 Å². The molecular formula is C11H25O4P. The van der Waals surface area contributed by atoms with E-state index >= 15 is 0 Å². The zero-order valence-corrected chi connectivity index (χ0v) is 12.2. The standard InChI is InChI=1S/C11H25O4P/c1-10(2)7-8-14-16(12,13-6)15-9-11(3,4)5/h10H,7-9H2,1-6H3. The highest BCUT2D eigenvalue weighted by molar-refractivity contribution is 7.48. The van der Waals surface area contributed by atoms with E-state index in [0.717, 1.165) is 6.42 Å². The summed E-state index contributed by atoms with van der Waals surface area (Å²) < 4.78 is 27.2. The van der Waals surface area contributed by atoms with E-state index in [2.05, 4.69) is 13.8 Å². The summed E-state index contributed by atoms with van der Waals surface area (Å²) in [7, 11) is -2.01. The molecule has 0 bridgehead atoms. The van der Waals surface area contributed by atoms with Crippen LogP contribution in [0.5, 0.6) is 0 Å². The second kappa shape index (κ2) is 6.75. The van der Waals surface area contributed by atoms with Gasteiger partial charge in [0.05, 0.1) is 13.2 Å². The second-order valence-electron chi connectivity index (χ2n) is 5.48. The van der Waals surface area contributed by atoms with Crippen molar-refractivity contribution in [3.05, 3.63) is 0 Å². The summed E-state index contributed by atoms with van der Waals surface area (Å²) in [4.78, 5) is 0. The van der Waals surface area contributed by atoms with Gasteiger partial charge in [0.15, 0.2) is 0 Å². The minimum Gasteiger partial charge on any atom is -0.290 e. The Labute approximate surface area is 99.3 Å². The zero-order chi connectivity index (χ0) is 12.8. The lowest BCUT2D eigenvalue weighted by Gasteiger charge is -2.22. The quantitative estimate of drug-likeness (QED) is 0.645. The van der Waals surface area contributed by atoms with E-state index in [1.165, 1.54) is 7.11 Å². The van der Waals surface area contributed by atoms with Crippen molar-refractivity contribution in [1.82, 2.24) is 0 Å². The number of rotatable bonds is 7. The molecule has 0 aromatic carbocycles. The van der Waals surface area contributed by atoms with Crippen LogP contribution in [0.1, 0.15) is 41.0 Å². The molecule has 0 N–H and O–H groups in total. The predicted molar refractivity (Wildman–Crippen MR) is 65.4 cm³/mol. The van der Waals surface area contributed by atoms with Gasteiger partial charge >= 0.3 is 7.82 Å². The Bertz CT molecular complexity index is 233. The molecule has 0 aliphatic heterocycles. The van der Waals surface area contributed by atoms with Crippen LogP contribution < -0.4 is 0 Å². The smallest absolute Gasteiger partial charge is 0.290 e. The van der Waals surface area contributed by atoms with Crippen molar-refractivity contribution in [3.63, 3.8) is 0 Å². The molecule has 0 heterocycles. The molecule has 0 fully saturated rings. The van der Waals surface area contributed by atoms with Gasteiger partial charge in [-0.3, -0.25) is 13.6 Å². The SMILES string of the molecule is COP(=O)(OCCC(C)C)OCC(C)(C)C. The average Bonchev–Trinajstić information content (AvgIpc) is 2.13. The molecule has 1 unspecified atom stereocenters. The number of phosphoric ester groups is 1. The maximum atomic E-state index is 11.9. The van der Waals surface area contributed by atoms with Crippen molar-refractivity contribution < 1.29 is 18.1 Å². The van der Waals surface area contributed by atoms with Crippen molar-refractivity contribution in [3.8, 4) is 0 Å². The van der Waals surface area contributed by atoms with E-state index in [1.807, 2.05) is 20.8 Å². The molecule has 0 aliphatic rings. The van der Waals surface area contributed by atoms with E-state index in [9.17, 15) is 4.57 Å². The zero-order valence-electron chi connectivity index (χ0n) is 11.3. The van der Waals surface area contributed by atoms with Gasteiger partial charge in [-0.05, 0) is 17.8 Å². The first-order valence-corrected chi connectivity index (χ1v) is 7.09. The summed E-state index contributed by atoms with van der Waals surface area (Å²) in [5.74, 6) is 0.507. The van der Waals surface area contributed by atoms with Gasteiger partial charge < -0.3 is 0 Å². The minimum atomic E-state index is -3.35. The van der Waals surface area contributed by atoms with E-state index < -0.39 is 7.82 Å². The molecule has 0 aromatic rings. The second-order valence-corrected chi connectivity index (χ2v) is 7.26. The number of phosphoric acid groups is 1. The summed E-state index contributed by atoms with van der Waals surface area (Å²) in [5.41, 5.74) is -0.0599. The Morgan fingerprint density at radius 2 is 1.75 bits per heavy atom. The maximum absolute atomic E-state index is 11.9. The van der Waals surface area contributed by atoms with Gasteiger partial charge in [-0.1, -0.05) is 34.6 Å². The summed E-state index contributed by atoms with van der Waals surface area (Å²) in [6.07, 6.45) is 0.840. The van der Waals surface area contributed by atoms with Crippen molar-refractivity contribution in [2.75, 3.05) is 20.3 Å². The summed E-state index contributed by atoms with van der Waals surface area (Å²) in [6, 6.07) is 0. The first kappa shape index (κ1) is 16.1. The fourth-order valence-corrected chi connectivity index (χ4v) is 1.98. The minimum absolute atomic E-state index is 0.0599. The third-order valence-electron chi connectivity index (χ3n) is 1.82. The molecule has 0 aromatic heterocycles. The normalized spacial score (nSPS) is 16.4. The first-order chi connectivity index (χ1) is 7.18. The fraction of sp³-hybridized carbons (Fsp3) is 1.00. The molecule has 16 heavy (non-hydrogen) atoms. The van der Waals surface area contributed by atoms with Gasteiger partial charge in [-0.15, -0.1) is 0 Å². The van der Waals surface area contributed by atoms with Crippen LogP contribution in [0, 0.1) is 11.3 Å². The fourth-order valence-electron chi connectivity index (χ4n) is 0.816. The molecule has 4 nitrogen and oxygen atoms in total. The Morgan fingerprint density at radius 1 is 1.19 bits per heavy atom. The summed E-state index contributed by atoms with van der Waals surface area (Å²) in [6.45, 7) is 10.9. The van der Waals surface area contributed by atoms with E-state index in [-0.39, 0.29) is 5.41 Å². The van der Waals surface area contributed by atoms with Gasteiger partial charge in [-0.2, -0.15) is 0 Å². The molecule has 0 radical (unpaired) electrons. The molecule has 0 rings (SSSR count). The van der Waals surface area contributed by atoms with Crippen LogP contribution in [0.3, 0.4) is 0 Å². The monoisotopic (exact) mass is 252 g/mol. The lowest BCUT2D eigenvalue weighted by Crippen LogP contribution is -2.15. The molecule has 0 spiro atoms. The highest BCUT2D eigenvalue weighted by atomic mass is 31.2. The Hall–Kier alpha value is 0.110. The lowest BCUT2D eigenvalue weighted by atomic mass is 9.99.